The Kier molecular flexibility index (Phi) is 8.45. The Morgan fingerprint density at radius 2 is 1.78 bits per heavy atom. The molecule has 5 rings (SSSR count). The van der Waals surface area contributed by atoms with E-state index < -0.39 is 11.9 Å². The van der Waals surface area contributed by atoms with Crippen LogP contribution in [0.2, 0.25) is 0 Å². The predicted molar refractivity (Wildman–Crippen MR) is 160 cm³/mol. The molecule has 3 aliphatic rings. The summed E-state index contributed by atoms with van der Waals surface area (Å²) in [6, 6.07) is 12.0. The van der Waals surface area contributed by atoms with E-state index in [1.165, 1.54) is 12.1 Å². The highest BCUT2D eigenvalue weighted by atomic mass is 35.5. The first kappa shape index (κ1) is 29.2. The second-order valence-corrected chi connectivity index (χ2v) is 12.5. The van der Waals surface area contributed by atoms with Gasteiger partial charge in [0.15, 0.2) is 0 Å². The minimum atomic E-state index is -1.08. The van der Waals surface area contributed by atoms with E-state index in [0.29, 0.717) is 30.9 Å². The van der Waals surface area contributed by atoms with Crippen LogP contribution < -0.4 is 15.5 Å². The van der Waals surface area contributed by atoms with Gasteiger partial charge in [0.25, 0.3) is 5.91 Å². The van der Waals surface area contributed by atoms with Gasteiger partial charge in [0.2, 0.25) is 0 Å². The number of para-hydroxylation sites is 2. The fourth-order valence-electron chi connectivity index (χ4n) is 5.40. The van der Waals surface area contributed by atoms with E-state index >= 15 is 0 Å². The molecule has 2 aromatic carbocycles. The number of carbonyl (C=O) groups excluding carboxylic acids is 2. The molecule has 2 aromatic rings. The zero-order valence-corrected chi connectivity index (χ0v) is 24.9. The third-order valence-electron chi connectivity index (χ3n) is 7.90. The normalized spacial score (nSPS) is 18.9. The Morgan fingerprint density at radius 3 is 2.49 bits per heavy atom. The van der Waals surface area contributed by atoms with Crippen molar-refractivity contribution >= 4 is 35.1 Å². The molecule has 2 N–H and O–H groups in total. The highest BCUT2D eigenvalue weighted by Crippen LogP contribution is 2.37. The molecule has 0 radical (unpaired) electrons. The molecule has 0 spiro atoms. The van der Waals surface area contributed by atoms with Gasteiger partial charge >= 0.3 is 6.03 Å². The summed E-state index contributed by atoms with van der Waals surface area (Å²) in [4.78, 5) is 33.7. The summed E-state index contributed by atoms with van der Waals surface area (Å²) in [7, 11) is 1.85. The second kappa shape index (κ2) is 11.9. The number of amides is 3. The first-order valence-electron chi connectivity index (χ1n) is 14.1. The van der Waals surface area contributed by atoms with Crippen molar-refractivity contribution in [1.29, 1.82) is 0 Å². The zero-order valence-electron chi connectivity index (χ0n) is 24.2. The van der Waals surface area contributed by atoms with Crippen LogP contribution in [-0.2, 0) is 4.79 Å². The Labute approximate surface area is 246 Å². The standard InChI is InChI=1S/C30H39ClFN7O2/c1-30(2,3)12-13-36-14-16-37(17-15-36)29(41)34-26(21-8-7-9-23(32)18-21)28(40)38-19-22-20-39(31)35(4)27(22)33-24-10-5-6-11-25(24)38/h5-11,18,26,33H,12-17,19-20H2,1-4H3,(H,34,41). The summed E-state index contributed by atoms with van der Waals surface area (Å²) < 4.78 is 15.9. The van der Waals surface area contributed by atoms with Crippen LogP contribution in [0.1, 0.15) is 38.8 Å². The van der Waals surface area contributed by atoms with Gasteiger partial charge in [-0.25, -0.2) is 9.18 Å². The van der Waals surface area contributed by atoms with Crippen LogP contribution in [0.3, 0.4) is 0 Å². The van der Waals surface area contributed by atoms with E-state index in [1.54, 1.807) is 31.5 Å². The van der Waals surface area contributed by atoms with Gasteiger partial charge in [-0.2, -0.15) is 0 Å². The van der Waals surface area contributed by atoms with Crippen molar-refractivity contribution in [2.24, 2.45) is 5.41 Å². The number of rotatable bonds is 5. The molecule has 0 aliphatic carbocycles. The second-order valence-electron chi connectivity index (χ2n) is 12.1. The van der Waals surface area contributed by atoms with Gasteiger partial charge in [0, 0.05) is 50.6 Å². The van der Waals surface area contributed by atoms with Crippen molar-refractivity contribution in [3.63, 3.8) is 0 Å². The molecule has 0 bridgehead atoms. The number of nitrogens with zero attached hydrogens (tertiary/aromatic N) is 5. The highest BCUT2D eigenvalue weighted by molar-refractivity contribution is 6.13. The van der Waals surface area contributed by atoms with E-state index in [2.05, 4.69) is 36.3 Å². The molecule has 1 atom stereocenters. The minimum absolute atomic E-state index is 0.251. The van der Waals surface area contributed by atoms with Crippen molar-refractivity contribution in [2.45, 2.75) is 33.2 Å². The van der Waals surface area contributed by atoms with E-state index in [0.717, 1.165) is 43.1 Å². The number of fused-ring (bicyclic) bond motifs is 1. The number of hydrazine groups is 1. The van der Waals surface area contributed by atoms with E-state index in [4.69, 9.17) is 11.8 Å². The maximum Gasteiger partial charge on any atom is 0.318 e. The highest BCUT2D eigenvalue weighted by Gasteiger charge is 2.37. The minimum Gasteiger partial charge on any atom is -0.339 e. The molecule has 3 heterocycles. The molecule has 220 valence electrons. The Balaban J connectivity index is 1.38. The molecular weight excluding hydrogens is 545 g/mol. The molecule has 1 fully saturated rings. The fraction of sp³-hybridized carbons (Fsp3) is 0.467. The van der Waals surface area contributed by atoms with Crippen LogP contribution in [0.25, 0.3) is 0 Å². The predicted octanol–water partition coefficient (Wildman–Crippen LogP) is 4.62. The van der Waals surface area contributed by atoms with Crippen molar-refractivity contribution in [3.8, 4) is 0 Å². The first-order valence-corrected chi connectivity index (χ1v) is 14.4. The molecule has 0 aromatic heterocycles. The number of carbonyl (C=O) groups is 2. The number of hydrogen-bond donors (Lipinski definition) is 2. The van der Waals surface area contributed by atoms with E-state index in [9.17, 15) is 14.0 Å². The number of benzene rings is 2. The van der Waals surface area contributed by atoms with Crippen molar-refractivity contribution in [1.82, 2.24) is 24.7 Å². The largest absolute Gasteiger partial charge is 0.339 e. The fourth-order valence-corrected chi connectivity index (χ4v) is 5.62. The van der Waals surface area contributed by atoms with Gasteiger partial charge < -0.3 is 20.4 Å². The summed E-state index contributed by atoms with van der Waals surface area (Å²) in [6.07, 6.45) is 1.08. The van der Waals surface area contributed by atoms with Gasteiger partial charge in [-0.3, -0.25) is 14.7 Å². The van der Waals surface area contributed by atoms with E-state index in [1.807, 2.05) is 31.3 Å². The molecule has 41 heavy (non-hydrogen) atoms. The first-order chi connectivity index (χ1) is 19.5. The van der Waals surface area contributed by atoms with Crippen LogP contribution in [-0.4, -0.2) is 84.1 Å². The average Bonchev–Trinajstić information content (AvgIpc) is 3.10. The van der Waals surface area contributed by atoms with Crippen LogP contribution in [0.15, 0.2) is 59.9 Å². The Hall–Kier alpha value is -3.34. The van der Waals surface area contributed by atoms with Crippen LogP contribution in [0, 0.1) is 11.2 Å². The Morgan fingerprint density at radius 1 is 1.05 bits per heavy atom. The lowest BCUT2D eigenvalue weighted by atomic mass is 9.92. The lowest BCUT2D eigenvalue weighted by Crippen LogP contribution is -2.54. The summed E-state index contributed by atoms with van der Waals surface area (Å²) in [5, 5.41) is 8.17. The summed E-state index contributed by atoms with van der Waals surface area (Å²) in [5.74, 6) is -0.0231. The van der Waals surface area contributed by atoms with Crippen LogP contribution >= 0.6 is 11.8 Å². The summed E-state index contributed by atoms with van der Waals surface area (Å²) in [5.41, 5.74) is 2.97. The van der Waals surface area contributed by atoms with Gasteiger partial charge in [-0.15, -0.1) is 4.53 Å². The molecule has 3 amide bonds. The summed E-state index contributed by atoms with van der Waals surface area (Å²) in [6.45, 7) is 11.0. The average molecular weight is 584 g/mol. The molecule has 0 saturated carbocycles. The maximum atomic E-state index is 14.4. The maximum absolute atomic E-state index is 14.4. The smallest absolute Gasteiger partial charge is 0.318 e. The summed E-state index contributed by atoms with van der Waals surface area (Å²) >= 11 is 6.39. The molecule has 1 unspecified atom stereocenters. The van der Waals surface area contributed by atoms with Gasteiger partial charge in [-0.05, 0) is 48.2 Å². The number of hydrogen-bond acceptors (Lipinski definition) is 6. The van der Waals surface area contributed by atoms with Crippen molar-refractivity contribution in [2.75, 3.05) is 63.1 Å². The van der Waals surface area contributed by atoms with Crippen LogP contribution in [0.4, 0.5) is 20.6 Å². The molecule has 1 saturated heterocycles. The molecule has 3 aliphatic heterocycles. The molecule has 11 heteroatoms. The van der Waals surface area contributed by atoms with Gasteiger partial charge in [-0.1, -0.05) is 45.0 Å². The van der Waals surface area contributed by atoms with Gasteiger partial charge in [0.05, 0.1) is 24.5 Å². The zero-order chi connectivity index (χ0) is 29.3. The molecular formula is C30H39ClFN7O2. The number of halogens is 2. The lowest BCUT2D eigenvalue weighted by molar-refractivity contribution is -0.120. The third-order valence-corrected chi connectivity index (χ3v) is 8.25. The quantitative estimate of drug-likeness (QED) is 0.501. The number of urea groups is 1. The van der Waals surface area contributed by atoms with E-state index in [-0.39, 0.29) is 23.9 Å². The third kappa shape index (κ3) is 6.60. The van der Waals surface area contributed by atoms with Crippen molar-refractivity contribution < 1.29 is 14.0 Å². The number of nitrogens with one attached hydrogen (secondary N) is 2. The monoisotopic (exact) mass is 583 g/mol. The topological polar surface area (TPSA) is 74.4 Å². The van der Waals surface area contributed by atoms with Crippen molar-refractivity contribution in [3.05, 3.63) is 71.3 Å². The SMILES string of the molecule is CN1C2=C(CN(C(=O)C(NC(=O)N3CCN(CCC(C)(C)C)CC3)c3cccc(F)c3)c3ccccc3N2)CN1Cl. The Bertz CT molecular complexity index is 1320. The number of anilines is 2. The van der Waals surface area contributed by atoms with Crippen LogP contribution in [0.5, 0.6) is 0 Å². The lowest BCUT2D eigenvalue weighted by Gasteiger charge is -2.37. The molecule has 9 nitrogen and oxygen atoms in total. The van der Waals surface area contributed by atoms with Gasteiger partial charge in [0.1, 0.15) is 17.7 Å². The number of piperazine rings is 1.